The lowest BCUT2D eigenvalue weighted by Crippen LogP contribution is -2.42. The Hall–Kier alpha value is -3.89. The summed E-state index contributed by atoms with van der Waals surface area (Å²) < 4.78 is 1.66. The Morgan fingerprint density at radius 2 is 1.82 bits per heavy atom. The van der Waals surface area contributed by atoms with Crippen molar-refractivity contribution in [3.8, 4) is 6.07 Å². The van der Waals surface area contributed by atoms with Gasteiger partial charge in [0.2, 0.25) is 5.91 Å². The summed E-state index contributed by atoms with van der Waals surface area (Å²) in [6.45, 7) is 0.392. The highest BCUT2D eigenvalue weighted by atomic mass is 32.1. The number of carbonyl (C=O) groups is 1. The molecule has 5 rings (SSSR count). The molecule has 0 spiro atoms. The van der Waals surface area contributed by atoms with Gasteiger partial charge in [-0.3, -0.25) is 9.59 Å². The van der Waals surface area contributed by atoms with Gasteiger partial charge in [0.1, 0.15) is 11.6 Å². The fourth-order valence-corrected chi connectivity index (χ4v) is 4.93. The summed E-state index contributed by atoms with van der Waals surface area (Å²) in [5.41, 5.74) is 2.13. The predicted octanol–water partition coefficient (Wildman–Crippen LogP) is 4.81. The molecule has 1 fully saturated rings. The van der Waals surface area contributed by atoms with Gasteiger partial charge in [0.15, 0.2) is 0 Å². The molecule has 1 amide bonds. The van der Waals surface area contributed by atoms with Crippen molar-refractivity contribution in [1.82, 2.24) is 4.57 Å². The lowest BCUT2D eigenvalue weighted by molar-refractivity contribution is -0.122. The molecule has 6 nitrogen and oxygen atoms in total. The number of thiophene rings is 1. The maximum absolute atomic E-state index is 13.3. The van der Waals surface area contributed by atoms with Crippen LogP contribution in [0.2, 0.25) is 0 Å². The number of benzene rings is 2. The average Bonchev–Trinajstić information content (AvgIpc) is 3.31. The maximum atomic E-state index is 13.3. The van der Waals surface area contributed by atoms with Crippen LogP contribution in [0, 0.1) is 17.2 Å². The molecule has 2 aromatic carbocycles. The minimum Gasteiger partial charge on any atom is -0.380 e. The molecule has 164 valence electrons. The van der Waals surface area contributed by atoms with Gasteiger partial charge in [0.05, 0.1) is 22.7 Å². The minimum absolute atomic E-state index is 0.0131. The van der Waals surface area contributed by atoms with Crippen LogP contribution in [-0.4, -0.2) is 16.5 Å². The van der Waals surface area contributed by atoms with Gasteiger partial charge < -0.3 is 15.2 Å². The molecule has 0 saturated heterocycles. The molecule has 2 N–H and O–H groups in total. The number of hydrogen-bond donors (Lipinski definition) is 2. The van der Waals surface area contributed by atoms with Gasteiger partial charge in [-0.05, 0) is 42.0 Å². The summed E-state index contributed by atoms with van der Waals surface area (Å²) >= 11 is 1.50. The zero-order valence-electron chi connectivity index (χ0n) is 17.8. The second kappa shape index (κ2) is 8.93. The molecule has 1 aliphatic carbocycles. The van der Waals surface area contributed by atoms with E-state index in [-0.39, 0.29) is 29.0 Å². The third-order valence-electron chi connectivity index (χ3n) is 6.09. The van der Waals surface area contributed by atoms with Crippen LogP contribution < -0.4 is 16.2 Å². The number of anilines is 2. The van der Waals surface area contributed by atoms with E-state index in [2.05, 4.69) is 16.7 Å². The highest BCUT2D eigenvalue weighted by Crippen LogP contribution is 2.34. The van der Waals surface area contributed by atoms with Gasteiger partial charge in [0.25, 0.3) is 5.56 Å². The highest BCUT2D eigenvalue weighted by molar-refractivity contribution is 7.14. The first kappa shape index (κ1) is 21.0. The summed E-state index contributed by atoms with van der Waals surface area (Å²) in [7, 11) is 0. The normalized spacial score (nSPS) is 17.2. The molecule has 4 aromatic rings. The van der Waals surface area contributed by atoms with E-state index in [0.717, 1.165) is 21.5 Å². The van der Waals surface area contributed by atoms with Crippen molar-refractivity contribution in [1.29, 1.82) is 5.26 Å². The Morgan fingerprint density at radius 1 is 1.06 bits per heavy atom. The smallest absolute Gasteiger partial charge is 0.271 e. The quantitative estimate of drug-likeness (QED) is 0.438. The number of nitrogens with one attached hydrogen (secondary N) is 2. The largest absolute Gasteiger partial charge is 0.380 e. The van der Waals surface area contributed by atoms with E-state index < -0.39 is 0 Å². The van der Waals surface area contributed by atoms with E-state index in [0.29, 0.717) is 25.1 Å². The molecule has 33 heavy (non-hydrogen) atoms. The van der Waals surface area contributed by atoms with Crippen LogP contribution in [0.15, 0.2) is 76.9 Å². The molecule has 1 aliphatic rings. The number of para-hydroxylation sites is 1. The van der Waals surface area contributed by atoms with E-state index >= 15 is 0 Å². The lowest BCUT2D eigenvalue weighted by Gasteiger charge is -2.35. The number of nitriles is 1. The number of nitrogens with zero attached hydrogens (tertiary/aromatic N) is 2. The first-order valence-corrected chi connectivity index (χ1v) is 11.7. The van der Waals surface area contributed by atoms with Crippen LogP contribution in [0.3, 0.4) is 0 Å². The van der Waals surface area contributed by atoms with Gasteiger partial charge in [0, 0.05) is 17.3 Å². The zero-order chi connectivity index (χ0) is 22.8. The van der Waals surface area contributed by atoms with E-state index in [9.17, 15) is 14.9 Å². The maximum Gasteiger partial charge on any atom is 0.271 e. The predicted molar refractivity (Wildman–Crippen MR) is 132 cm³/mol. The molecular weight excluding hydrogens is 432 g/mol. The fourth-order valence-electron chi connectivity index (χ4n) is 4.31. The summed E-state index contributed by atoms with van der Waals surface area (Å²) in [5, 5.41) is 19.8. The van der Waals surface area contributed by atoms with Gasteiger partial charge in [-0.2, -0.15) is 5.26 Å². The van der Waals surface area contributed by atoms with Crippen LogP contribution in [0.25, 0.3) is 10.9 Å². The van der Waals surface area contributed by atoms with Crippen molar-refractivity contribution in [3.63, 3.8) is 0 Å². The third kappa shape index (κ3) is 4.13. The standard InChI is InChI=1S/C26H22N4O2S/c27-15-21-24(28-19-13-18(14-19)25(31)29-23-11-6-12-33-23)20-9-4-5-10-22(20)30(26(21)32)16-17-7-2-1-3-8-17/h1-12,18-19,28H,13-14,16H2,(H,29,31). The van der Waals surface area contributed by atoms with Gasteiger partial charge in [-0.1, -0.05) is 48.5 Å². The first-order chi connectivity index (χ1) is 16.1. The second-order valence-electron chi connectivity index (χ2n) is 8.23. The Balaban J connectivity index is 1.41. The molecule has 0 bridgehead atoms. The molecule has 1 saturated carbocycles. The highest BCUT2D eigenvalue weighted by Gasteiger charge is 2.35. The fraction of sp³-hybridized carbons (Fsp3) is 0.192. The monoisotopic (exact) mass is 454 g/mol. The molecule has 2 heterocycles. The van der Waals surface area contributed by atoms with Crippen molar-refractivity contribution in [2.45, 2.75) is 25.4 Å². The molecule has 7 heteroatoms. The Morgan fingerprint density at radius 3 is 2.55 bits per heavy atom. The van der Waals surface area contributed by atoms with Gasteiger partial charge >= 0.3 is 0 Å². The number of fused-ring (bicyclic) bond motifs is 1. The molecule has 2 aromatic heterocycles. The SMILES string of the molecule is N#Cc1c(NC2CC(C(=O)Nc3cccs3)C2)c2ccccc2n(Cc2ccccc2)c1=O. The van der Waals surface area contributed by atoms with Crippen molar-refractivity contribution in [3.05, 3.63) is 93.6 Å². The Kier molecular flexibility index (Phi) is 5.68. The minimum atomic E-state index is -0.311. The summed E-state index contributed by atoms with van der Waals surface area (Å²) in [6.07, 6.45) is 1.31. The van der Waals surface area contributed by atoms with E-state index in [1.165, 1.54) is 11.3 Å². The molecule has 0 unspecified atom stereocenters. The molecule has 0 radical (unpaired) electrons. The van der Waals surface area contributed by atoms with Crippen LogP contribution in [0.4, 0.5) is 10.7 Å². The number of amides is 1. The van der Waals surface area contributed by atoms with Crippen molar-refractivity contribution in [2.75, 3.05) is 10.6 Å². The first-order valence-electron chi connectivity index (χ1n) is 10.8. The van der Waals surface area contributed by atoms with Crippen LogP contribution in [-0.2, 0) is 11.3 Å². The van der Waals surface area contributed by atoms with Gasteiger partial charge in [-0.15, -0.1) is 11.3 Å². The van der Waals surface area contributed by atoms with Crippen molar-refractivity contribution >= 4 is 38.8 Å². The topological polar surface area (TPSA) is 86.9 Å². The number of carbonyl (C=O) groups excluding carboxylic acids is 1. The Labute approximate surface area is 195 Å². The van der Waals surface area contributed by atoms with E-state index in [1.807, 2.05) is 72.1 Å². The van der Waals surface area contributed by atoms with E-state index in [4.69, 9.17) is 0 Å². The number of rotatable bonds is 6. The molecular formula is C26H22N4O2S. The third-order valence-corrected chi connectivity index (χ3v) is 6.88. The second-order valence-corrected chi connectivity index (χ2v) is 9.18. The number of hydrogen-bond acceptors (Lipinski definition) is 5. The van der Waals surface area contributed by atoms with Crippen LogP contribution >= 0.6 is 11.3 Å². The summed E-state index contributed by atoms with van der Waals surface area (Å²) in [6, 6.07) is 23.3. The molecule has 0 aliphatic heterocycles. The summed E-state index contributed by atoms with van der Waals surface area (Å²) in [5.74, 6) is -0.0704. The molecule has 0 atom stereocenters. The zero-order valence-corrected chi connectivity index (χ0v) is 18.6. The number of aromatic nitrogens is 1. The number of pyridine rings is 1. The Bertz CT molecular complexity index is 1400. The van der Waals surface area contributed by atoms with Crippen LogP contribution in [0.5, 0.6) is 0 Å². The lowest BCUT2D eigenvalue weighted by atomic mass is 9.79. The summed E-state index contributed by atoms with van der Waals surface area (Å²) in [4.78, 5) is 25.8. The van der Waals surface area contributed by atoms with Crippen molar-refractivity contribution < 1.29 is 4.79 Å². The average molecular weight is 455 g/mol. The van der Waals surface area contributed by atoms with Crippen molar-refractivity contribution in [2.24, 2.45) is 5.92 Å². The van der Waals surface area contributed by atoms with Gasteiger partial charge in [-0.25, -0.2) is 0 Å². The van der Waals surface area contributed by atoms with Crippen LogP contribution in [0.1, 0.15) is 24.0 Å². The van der Waals surface area contributed by atoms with E-state index in [1.54, 1.807) is 4.57 Å².